The summed E-state index contributed by atoms with van der Waals surface area (Å²) in [6.45, 7) is 3.37. The highest BCUT2D eigenvalue weighted by Crippen LogP contribution is 2.31. The third-order valence-corrected chi connectivity index (χ3v) is 8.15. The second-order valence-corrected chi connectivity index (χ2v) is 11.5. The molecule has 3 heterocycles. The van der Waals surface area contributed by atoms with Crippen molar-refractivity contribution in [3.63, 3.8) is 0 Å². The maximum Gasteiger partial charge on any atom is 0.261 e. The average Bonchev–Trinajstić information content (AvgIpc) is 3.57. The maximum atomic E-state index is 13.6. The number of ether oxygens (including phenoxy) is 1. The van der Waals surface area contributed by atoms with Crippen molar-refractivity contribution < 1.29 is 27.9 Å². The summed E-state index contributed by atoms with van der Waals surface area (Å²) < 4.78 is 36.4. The van der Waals surface area contributed by atoms with E-state index in [1.165, 1.54) is 45.9 Å². The minimum absolute atomic E-state index is 0.0144. The molecule has 16 heteroatoms. The first-order chi connectivity index (χ1) is 18.5. The fourth-order valence-electron chi connectivity index (χ4n) is 4.15. The topological polar surface area (TPSA) is 178 Å². The molecular weight excluding hydrogens is 530 g/mol. The number of amides is 2. The number of carbonyl (C=O) groups is 2. The lowest BCUT2D eigenvalue weighted by molar-refractivity contribution is -0.116. The lowest BCUT2D eigenvalue weighted by Gasteiger charge is -2.38. The average molecular weight is 562 g/mol. The van der Waals surface area contributed by atoms with Crippen molar-refractivity contribution in [1.29, 1.82) is 0 Å². The number of likely N-dealkylation sites (N-methyl/N-ethyl adjacent to an activating group) is 1. The second-order valence-electron chi connectivity index (χ2n) is 9.55. The van der Waals surface area contributed by atoms with Gasteiger partial charge in [0.05, 0.1) is 31.1 Å². The Labute approximate surface area is 225 Å². The summed E-state index contributed by atoms with van der Waals surface area (Å²) in [6, 6.07) is 4.12. The fourth-order valence-corrected chi connectivity index (χ4v) is 5.29. The van der Waals surface area contributed by atoms with Crippen LogP contribution in [0.1, 0.15) is 24.2 Å². The van der Waals surface area contributed by atoms with Crippen LogP contribution in [0.25, 0.3) is 0 Å². The number of imidazole rings is 1. The van der Waals surface area contributed by atoms with Crippen molar-refractivity contribution in [2.24, 2.45) is 13.0 Å². The molecule has 2 amide bonds. The molecule has 3 aromatic rings. The van der Waals surface area contributed by atoms with Gasteiger partial charge >= 0.3 is 0 Å². The van der Waals surface area contributed by atoms with E-state index >= 15 is 0 Å². The second kappa shape index (κ2) is 11.5. The largest absolute Gasteiger partial charge is 0.488 e. The minimum atomic E-state index is -3.89. The number of benzene rings is 1. The predicted molar refractivity (Wildman–Crippen MR) is 137 cm³/mol. The first-order valence-corrected chi connectivity index (χ1v) is 13.6. The van der Waals surface area contributed by atoms with Gasteiger partial charge in [-0.25, -0.2) is 18.1 Å². The van der Waals surface area contributed by atoms with Crippen LogP contribution in [0.5, 0.6) is 5.75 Å². The van der Waals surface area contributed by atoms with Gasteiger partial charge in [-0.05, 0) is 35.5 Å². The molecule has 0 fully saturated rings. The monoisotopic (exact) mass is 561 g/mol. The number of aliphatic hydroxyl groups excluding tert-OH is 1. The number of nitrogens with zero attached hydrogens (tertiary/aromatic N) is 8. The summed E-state index contributed by atoms with van der Waals surface area (Å²) >= 11 is 0. The van der Waals surface area contributed by atoms with E-state index < -0.39 is 28.1 Å². The van der Waals surface area contributed by atoms with Crippen LogP contribution in [0.15, 0.2) is 42.1 Å². The summed E-state index contributed by atoms with van der Waals surface area (Å²) in [5.74, 6) is -0.861. The van der Waals surface area contributed by atoms with E-state index in [2.05, 4.69) is 25.8 Å². The summed E-state index contributed by atoms with van der Waals surface area (Å²) in [5, 5.41) is 23.1. The van der Waals surface area contributed by atoms with Crippen molar-refractivity contribution in [2.45, 2.75) is 37.6 Å². The van der Waals surface area contributed by atoms with Gasteiger partial charge in [0.25, 0.3) is 15.9 Å². The molecule has 0 radical (unpaired) electrons. The molecule has 1 aromatic carbocycles. The minimum Gasteiger partial charge on any atom is -0.488 e. The number of aromatic nitrogens is 6. The van der Waals surface area contributed by atoms with E-state index in [-0.39, 0.29) is 54.4 Å². The Kier molecular flexibility index (Phi) is 8.27. The molecule has 0 aliphatic carbocycles. The first-order valence-electron chi connectivity index (χ1n) is 12.2. The van der Waals surface area contributed by atoms with Crippen molar-refractivity contribution >= 4 is 27.5 Å². The summed E-state index contributed by atoms with van der Waals surface area (Å²) in [5.41, 5.74) is 0.517. The van der Waals surface area contributed by atoms with Crippen LogP contribution in [0.4, 0.5) is 5.69 Å². The summed E-state index contributed by atoms with van der Waals surface area (Å²) in [7, 11) is -0.762. The van der Waals surface area contributed by atoms with Crippen LogP contribution in [0, 0.1) is 5.92 Å². The van der Waals surface area contributed by atoms with Crippen molar-refractivity contribution in [3.8, 4) is 5.75 Å². The van der Waals surface area contributed by atoms with Gasteiger partial charge in [0.1, 0.15) is 24.7 Å². The maximum absolute atomic E-state index is 13.6. The first kappa shape index (κ1) is 28.1. The Hall–Kier alpha value is -3.89. The number of rotatable bonds is 9. The Morgan fingerprint density at radius 3 is 2.74 bits per heavy atom. The zero-order valence-electron chi connectivity index (χ0n) is 22.0. The molecule has 0 unspecified atom stereocenters. The Bertz CT molecular complexity index is 1430. The third kappa shape index (κ3) is 6.23. The van der Waals surface area contributed by atoms with E-state index in [4.69, 9.17) is 4.74 Å². The molecule has 0 bridgehead atoms. The fraction of sp³-hybridized carbons (Fsp3) is 0.478. The van der Waals surface area contributed by atoms with E-state index in [0.29, 0.717) is 5.69 Å². The SMILES string of the molecule is C[C@@H]1CN([C@@H](C)CO)C(=O)c2cc(NC(=O)Cn3cnnn3)ccc2O[C@@H]1CN(C)S(=O)(=O)c1cn(C)cn1. The van der Waals surface area contributed by atoms with Gasteiger partial charge in [0.15, 0.2) is 5.03 Å². The highest BCUT2D eigenvalue weighted by molar-refractivity contribution is 7.89. The quantitative estimate of drug-likeness (QED) is 0.349. The molecule has 2 N–H and O–H groups in total. The number of aliphatic hydroxyl groups is 1. The van der Waals surface area contributed by atoms with Gasteiger partial charge in [-0.15, -0.1) is 5.10 Å². The van der Waals surface area contributed by atoms with E-state index in [1.807, 2.05) is 6.92 Å². The van der Waals surface area contributed by atoms with Gasteiger partial charge in [0.2, 0.25) is 5.91 Å². The molecule has 39 heavy (non-hydrogen) atoms. The lowest BCUT2D eigenvalue weighted by Crippen LogP contribution is -2.50. The molecule has 2 aromatic heterocycles. The van der Waals surface area contributed by atoms with Gasteiger partial charge in [0, 0.05) is 38.4 Å². The van der Waals surface area contributed by atoms with Crippen molar-refractivity contribution in [2.75, 3.05) is 32.1 Å². The number of anilines is 1. The van der Waals surface area contributed by atoms with Crippen LogP contribution >= 0.6 is 0 Å². The number of nitrogens with one attached hydrogen (secondary N) is 1. The van der Waals surface area contributed by atoms with Crippen LogP contribution in [-0.4, -0.2) is 103 Å². The summed E-state index contributed by atoms with van der Waals surface area (Å²) in [4.78, 5) is 31.5. The molecule has 1 aliphatic heterocycles. The van der Waals surface area contributed by atoms with Gasteiger partial charge in [-0.3, -0.25) is 9.59 Å². The van der Waals surface area contributed by atoms with Crippen LogP contribution in [-0.2, 0) is 28.4 Å². The molecule has 0 saturated carbocycles. The standard InChI is InChI=1S/C23H31N9O6S/c1-15-8-32(16(2)12-33)23(35)18-7-17(26-21(34)10-31-14-25-27-28-31)5-6-19(18)38-20(15)9-30(4)39(36,37)22-11-29(3)13-24-22/h5-7,11,13-16,20,33H,8-10,12H2,1-4H3,(H,26,34)/t15-,16+,20-/m1/s1. The number of carbonyl (C=O) groups excluding carboxylic acids is 2. The zero-order valence-corrected chi connectivity index (χ0v) is 22.8. The molecule has 0 saturated heterocycles. The number of sulfonamides is 1. The smallest absolute Gasteiger partial charge is 0.261 e. The van der Waals surface area contributed by atoms with Gasteiger partial charge in [-0.1, -0.05) is 6.92 Å². The number of hydrogen-bond acceptors (Lipinski definition) is 10. The Morgan fingerprint density at radius 1 is 1.33 bits per heavy atom. The number of tetrazole rings is 1. The molecule has 210 valence electrons. The summed E-state index contributed by atoms with van der Waals surface area (Å²) in [6.07, 6.45) is 3.49. The Balaban J connectivity index is 1.62. The number of aryl methyl sites for hydroxylation is 1. The van der Waals surface area contributed by atoms with Gasteiger partial charge in [-0.2, -0.15) is 4.31 Å². The highest BCUT2D eigenvalue weighted by Gasteiger charge is 2.35. The van der Waals surface area contributed by atoms with Crippen LogP contribution in [0.2, 0.25) is 0 Å². The van der Waals surface area contributed by atoms with Crippen LogP contribution < -0.4 is 10.1 Å². The molecule has 3 atom stereocenters. The van der Waals surface area contributed by atoms with Crippen molar-refractivity contribution in [1.82, 2.24) is 39.0 Å². The molecule has 4 rings (SSSR count). The van der Waals surface area contributed by atoms with Gasteiger partial charge < -0.3 is 24.6 Å². The van der Waals surface area contributed by atoms with E-state index in [0.717, 1.165) is 0 Å². The number of hydrogen-bond donors (Lipinski definition) is 2. The van der Waals surface area contributed by atoms with E-state index in [9.17, 15) is 23.1 Å². The van der Waals surface area contributed by atoms with Crippen molar-refractivity contribution in [3.05, 3.63) is 42.6 Å². The zero-order chi connectivity index (χ0) is 28.3. The Morgan fingerprint density at radius 2 is 2.10 bits per heavy atom. The lowest BCUT2D eigenvalue weighted by atomic mass is 9.99. The van der Waals surface area contributed by atoms with E-state index in [1.54, 1.807) is 30.7 Å². The molecule has 1 aliphatic rings. The normalized spacial score (nSPS) is 18.7. The molecule has 15 nitrogen and oxygen atoms in total. The predicted octanol–water partition coefficient (Wildman–Crippen LogP) is -0.414. The number of fused-ring (bicyclic) bond motifs is 1. The molecular formula is C23H31N9O6S. The highest BCUT2D eigenvalue weighted by atomic mass is 32.2. The van der Waals surface area contributed by atoms with Crippen LogP contribution in [0.3, 0.4) is 0 Å². The third-order valence-electron chi connectivity index (χ3n) is 6.44. The molecule has 0 spiro atoms.